The first kappa shape index (κ1) is 15.9. The van der Waals surface area contributed by atoms with Crippen LogP contribution in [-0.2, 0) is 28.8 Å². The average molecular weight is 354 g/mol. The second-order valence-electron chi connectivity index (χ2n) is 6.14. The predicted molar refractivity (Wildman–Crippen MR) is 98.3 cm³/mol. The number of nitrogens with one attached hydrogen (secondary N) is 2. The summed E-state index contributed by atoms with van der Waals surface area (Å²) in [5, 5.41) is 4.58. The van der Waals surface area contributed by atoms with Crippen LogP contribution in [-0.4, -0.2) is 24.0 Å². The van der Waals surface area contributed by atoms with Gasteiger partial charge in [0, 0.05) is 22.0 Å². The molecule has 128 valence electrons. The highest BCUT2D eigenvalue weighted by Gasteiger charge is 2.28. The molecule has 1 aromatic carbocycles. The minimum atomic E-state index is -0.373. The number of ether oxygens (including phenoxy) is 1. The summed E-state index contributed by atoms with van der Waals surface area (Å²) >= 11 is 1.50. The van der Waals surface area contributed by atoms with Gasteiger partial charge in [-0.3, -0.25) is 4.79 Å². The molecule has 2 aromatic heterocycles. The first-order valence-corrected chi connectivity index (χ1v) is 9.06. The lowest BCUT2D eigenvalue weighted by Crippen LogP contribution is -2.16. The Morgan fingerprint density at radius 3 is 2.96 bits per heavy atom. The molecule has 3 aromatic rings. The molecule has 0 unspecified atom stereocenters. The summed E-state index contributed by atoms with van der Waals surface area (Å²) in [5.41, 5.74) is 3.53. The average Bonchev–Trinajstić information content (AvgIpc) is 3.29. The maximum Gasteiger partial charge on any atom is 0.341 e. The van der Waals surface area contributed by atoms with Crippen molar-refractivity contribution in [1.29, 1.82) is 0 Å². The number of hydrogen-bond acceptors (Lipinski definition) is 4. The molecule has 2 heterocycles. The summed E-state index contributed by atoms with van der Waals surface area (Å²) < 4.78 is 4.92. The van der Waals surface area contributed by atoms with Crippen LogP contribution in [0, 0.1) is 0 Å². The number of esters is 1. The Labute approximate surface area is 149 Å². The third kappa shape index (κ3) is 2.82. The molecule has 0 bridgehead atoms. The van der Waals surface area contributed by atoms with Gasteiger partial charge in [0.05, 0.1) is 19.1 Å². The summed E-state index contributed by atoms with van der Waals surface area (Å²) in [4.78, 5) is 29.1. The van der Waals surface area contributed by atoms with Crippen molar-refractivity contribution in [3.63, 3.8) is 0 Å². The summed E-state index contributed by atoms with van der Waals surface area (Å²) in [5.74, 6) is -0.503. The van der Waals surface area contributed by atoms with E-state index < -0.39 is 0 Å². The van der Waals surface area contributed by atoms with E-state index >= 15 is 0 Å². The fourth-order valence-corrected chi connectivity index (χ4v) is 4.73. The highest BCUT2D eigenvalue weighted by molar-refractivity contribution is 7.17. The number of carbonyl (C=O) groups excluding carboxylic acids is 2. The monoisotopic (exact) mass is 354 g/mol. The molecule has 0 aliphatic heterocycles. The molecule has 1 amide bonds. The van der Waals surface area contributed by atoms with Gasteiger partial charge in [-0.05, 0) is 36.5 Å². The summed E-state index contributed by atoms with van der Waals surface area (Å²) in [7, 11) is 1.37. The smallest absolute Gasteiger partial charge is 0.341 e. The lowest BCUT2D eigenvalue weighted by molar-refractivity contribution is -0.115. The molecular weight excluding hydrogens is 336 g/mol. The fourth-order valence-electron chi connectivity index (χ4n) is 3.43. The number of aryl methyl sites for hydroxylation is 1. The topological polar surface area (TPSA) is 71.2 Å². The van der Waals surface area contributed by atoms with Crippen molar-refractivity contribution in [1.82, 2.24) is 4.98 Å². The highest BCUT2D eigenvalue weighted by Crippen LogP contribution is 2.39. The normalized spacial score (nSPS) is 13.0. The summed E-state index contributed by atoms with van der Waals surface area (Å²) in [6.45, 7) is 0. The molecule has 0 fully saturated rings. The minimum Gasteiger partial charge on any atom is -0.465 e. The fraction of sp³-hybridized carbons (Fsp3) is 0.263. The van der Waals surface area contributed by atoms with Crippen molar-refractivity contribution in [2.45, 2.75) is 25.7 Å². The number of methoxy groups -OCH3 is 1. The predicted octanol–water partition coefficient (Wildman–Crippen LogP) is 3.69. The molecule has 4 rings (SSSR count). The molecule has 1 aliphatic rings. The molecule has 1 aliphatic carbocycles. The lowest BCUT2D eigenvalue weighted by atomic mass is 10.1. The second-order valence-corrected chi connectivity index (χ2v) is 7.24. The van der Waals surface area contributed by atoms with Crippen LogP contribution in [0.3, 0.4) is 0 Å². The third-order valence-electron chi connectivity index (χ3n) is 4.59. The van der Waals surface area contributed by atoms with Crippen LogP contribution in [0.1, 0.15) is 32.8 Å². The van der Waals surface area contributed by atoms with Crippen LogP contribution >= 0.6 is 11.3 Å². The van der Waals surface area contributed by atoms with Crippen LogP contribution < -0.4 is 5.32 Å². The van der Waals surface area contributed by atoms with Crippen molar-refractivity contribution in [2.24, 2.45) is 0 Å². The van der Waals surface area contributed by atoms with E-state index in [2.05, 4.69) is 10.3 Å². The standard InChI is InChI=1S/C19H18N2O3S/c1-24-19(23)17-13-6-4-8-15(13)25-18(17)21-16(22)9-11-10-20-14-7-3-2-5-12(11)14/h2-3,5,7,10,20H,4,6,8-9H2,1H3,(H,21,22). The van der Waals surface area contributed by atoms with Gasteiger partial charge in [0.2, 0.25) is 5.91 Å². The van der Waals surface area contributed by atoms with Crippen LogP contribution in [0.15, 0.2) is 30.5 Å². The number of anilines is 1. The van der Waals surface area contributed by atoms with Crippen LogP contribution in [0.25, 0.3) is 10.9 Å². The molecule has 25 heavy (non-hydrogen) atoms. The van der Waals surface area contributed by atoms with Gasteiger partial charge in [-0.15, -0.1) is 11.3 Å². The number of hydrogen-bond donors (Lipinski definition) is 2. The number of H-pyrrole nitrogens is 1. The van der Waals surface area contributed by atoms with Gasteiger partial charge in [0.25, 0.3) is 0 Å². The second kappa shape index (κ2) is 6.37. The Morgan fingerprint density at radius 1 is 1.28 bits per heavy atom. The number of benzene rings is 1. The zero-order valence-corrected chi connectivity index (χ0v) is 14.7. The number of rotatable bonds is 4. The van der Waals surface area contributed by atoms with Crippen molar-refractivity contribution in [2.75, 3.05) is 12.4 Å². The highest BCUT2D eigenvalue weighted by atomic mass is 32.1. The molecule has 2 N–H and O–H groups in total. The zero-order valence-electron chi connectivity index (χ0n) is 13.8. The molecule has 0 spiro atoms. The van der Waals surface area contributed by atoms with E-state index in [1.807, 2.05) is 30.5 Å². The molecule has 0 radical (unpaired) electrons. The summed E-state index contributed by atoms with van der Waals surface area (Å²) in [6, 6.07) is 7.89. The molecule has 0 saturated heterocycles. The minimum absolute atomic E-state index is 0.130. The van der Waals surface area contributed by atoms with Gasteiger partial charge in [-0.1, -0.05) is 18.2 Å². The molecular formula is C19H18N2O3S. The Bertz CT molecular complexity index is 970. The van der Waals surface area contributed by atoms with E-state index in [1.54, 1.807) is 0 Å². The number of amides is 1. The van der Waals surface area contributed by atoms with Gasteiger partial charge < -0.3 is 15.0 Å². The van der Waals surface area contributed by atoms with Gasteiger partial charge in [0.1, 0.15) is 5.00 Å². The van der Waals surface area contributed by atoms with Crippen molar-refractivity contribution in [3.8, 4) is 0 Å². The van der Waals surface area contributed by atoms with Crippen molar-refractivity contribution < 1.29 is 14.3 Å². The Hall–Kier alpha value is -2.60. The SMILES string of the molecule is COC(=O)c1c(NC(=O)Cc2c[nH]c3ccccc23)sc2c1CCC2. The Kier molecular flexibility index (Phi) is 4.05. The van der Waals surface area contributed by atoms with Gasteiger partial charge in [-0.2, -0.15) is 0 Å². The van der Waals surface area contributed by atoms with E-state index in [-0.39, 0.29) is 18.3 Å². The molecule has 0 saturated carbocycles. The Balaban J connectivity index is 1.58. The summed E-state index contributed by atoms with van der Waals surface area (Å²) in [6.07, 6.45) is 5.00. The van der Waals surface area contributed by atoms with E-state index in [1.165, 1.54) is 23.3 Å². The first-order valence-electron chi connectivity index (χ1n) is 8.25. The number of aromatic amines is 1. The van der Waals surface area contributed by atoms with Crippen LogP contribution in [0.5, 0.6) is 0 Å². The number of carbonyl (C=O) groups is 2. The quantitative estimate of drug-likeness (QED) is 0.702. The number of para-hydroxylation sites is 1. The van der Waals surface area contributed by atoms with E-state index in [0.717, 1.165) is 41.3 Å². The molecule has 0 atom stereocenters. The lowest BCUT2D eigenvalue weighted by Gasteiger charge is -2.07. The third-order valence-corrected chi connectivity index (χ3v) is 5.80. The van der Waals surface area contributed by atoms with Gasteiger partial charge >= 0.3 is 5.97 Å². The molecule has 6 heteroatoms. The van der Waals surface area contributed by atoms with E-state index in [9.17, 15) is 9.59 Å². The van der Waals surface area contributed by atoms with E-state index in [4.69, 9.17) is 4.74 Å². The zero-order chi connectivity index (χ0) is 17.4. The van der Waals surface area contributed by atoms with E-state index in [0.29, 0.717) is 10.6 Å². The number of fused-ring (bicyclic) bond motifs is 2. The van der Waals surface area contributed by atoms with Gasteiger partial charge in [0.15, 0.2) is 0 Å². The van der Waals surface area contributed by atoms with Crippen molar-refractivity contribution >= 4 is 39.1 Å². The van der Waals surface area contributed by atoms with Crippen LogP contribution in [0.4, 0.5) is 5.00 Å². The largest absolute Gasteiger partial charge is 0.465 e. The number of thiophene rings is 1. The van der Waals surface area contributed by atoms with Gasteiger partial charge in [-0.25, -0.2) is 4.79 Å². The van der Waals surface area contributed by atoms with Crippen LogP contribution in [0.2, 0.25) is 0 Å². The maximum absolute atomic E-state index is 12.5. The van der Waals surface area contributed by atoms with Crippen molar-refractivity contribution in [3.05, 3.63) is 52.0 Å². The number of aromatic nitrogens is 1. The Morgan fingerprint density at radius 2 is 2.12 bits per heavy atom. The molecule has 5 nitrogen and oxygen atoms in total. The maximum atomic E-state index is 12.5. The first-order chi connectivity index (χ1) is 12.2.